The standard InChI is InChI=1S/C8H13F3N2/c1-2-3-4-7(13-12)5-6-8(9,10)11/h7,13H,4-6,12H2,1H3. The maximum atomic E-state index is 11.8. The van der Waals surface area contributed by atoms with Gasteiger partial charge in [-0.15, -0.1) is 11.8 Å². The van der Waals surface area contributed by atoms with Gasteiger partial charge >= 0.3 is 6.18 Å². The van der Waals surface area contributed by atoms with Crippen LogP contribution in [0.5, 0.6) is 0 Å². The fourth-order valence-electron chi connectivity index (χ4n) is 0.807. The molecule has 3 N–H and O–H groups in total. The predicted molar refractivity (Wildman–Crippen MR) is 44.5 cm³/mol. The lowest BCUT2D eigenvalue weighted by Crippen LogP contribution is -2.35. The maximum absolute atomic E-state index is 11.8. The van der Waals surface area contributed by atoms with Crippen molar-refractivity contribution in [1.29, 1.82) is 0 Å². The van der Waals surface area contributed by atoms with E-state index in [1.54, 1.807) is 6.92 Å². The third-order valence-corrected chi connectivity index (χ3v) is 1.54. The minimum Gasteiger partial charge on any atom is -0.271 e. The molecule has 1 unspecified atom stereocenters. The SMILES string of the molecule is CC#CCC(CCC(F)(F)F)NN. The number of nitrogens with one attached hydrogen (secondary N) is 1. The summed E-state index contributed by atoms with van der Waals surface area (Å²) in [6.45, 7) is 1.64. The van der Waals surface area contributed by atoms with E-state index in [0.29, 0.717) is 6.42 Å². The molecule has 0 bridgehead atoms. The first-order valence-corrected chi connectivity index (χ1v) is 3.92. The highest BCUT2D eigenvalue weighted by atomic mass is 19.4. The molecule has 0 radical (unpaired) electrons. The number of alkyl halides is 3. The van der Waals surface area contributed by atoms with Crippen LogP contribution >= 0.6 is 0 Å². The molecule has 0 rings (SSSR count). The van der Waals surface area contributed by atoms with Gasteiger partial charge in [-0.3, -0.25) is 11.3 Å². The number of halogens is 3. The highest BCUT2D eigenvalue weighted by molar-refractivity contribution is 4.97. The highest BCUT2D eigenvalue weighted by Crippen LogP contribution is 2.22. The van der Waals surface area contributed by atoms with E-state index in [1.165, 1.54) is 0 Å². The molecule has 0 aromatic heterocycles. The van der Waals surface area contributed by atoms with Crippen LogP contribution in [0.3, 0.4) is 0 Å². The molecular weight excluding hydrogens is 181 g/mol. The summed E-state index contributed by atoms with van der Waals surface area (Å²) in [5, 5.41) is 0. The Labute approximate surface area is 75.6 Å². The van der Waals surface area contributed by atoms with Gasteiger partial charge in [-0.1, -0.05) is 0 Å². The fourth-order valence-corrected chi connectivity index (χ4v) is 0.807. The fraction of sp³-hybridized carbons (Fsp3) is 0.750. The molecule has 0 spiro atoms. The van der Waals surface area contributed by atoms with Crippen molar-refractivity contribution in [2.45, 2.75) is 38.4 Å². The van der Waals surface area contributed by atoms with Gasteiger partial charge in [0.1, 0.15) is 0 Å². The zero-order valence-electron chi connectivity index (χ0n) is 7.41. The highest BCUT2D eigenvalue weighted by Gasteiger charge is 2.27. The Morgan fingerprint density at radius 1 is 1.46 bits per heavy atom. The normalized spacial score (nSPS) is 13.3. The van der Waals surface area contributed by atoms with Gasteiger partial charge in [0, 0.05) is 18.9 Å². The van der Waals surface area contributed by atoms with Crippen LogP contribution in [0.25, 0.3) is 0 Å². The minimum absolute atomic E-state index is 0.0331. The van der Waals surface area contributed by atoms with Crippen LogP contribution in [0.2, 0.25) is 0 Å². The topological polar surface area (TPSA) is 38.0 Å². The van der Waals surface area contributed by atoms with Gasteiger partial charge in [0.25, 0.3) is 0 Å². The summed E-state index contributed by atoms with van der Waals surface area (Å²) in [4.78, 5) is 0. The van der Waals surface area contributed by atoms with Crippen molar-refractivity contribution < 1.29 is 13.2 Å². The van der Waals surface area contributed by atoms with Crippen molar-refractivity contribution in [3.8, 4) is 11.8 Å². The summed E-state index contributed by atoms with van der Waals surface area (Å²) in [5.41, 5.74) is 2.31. The Bertz CT molecular complexity index is 190. The van der Waals surface area contributed by atoms with Crippen molar-refractivity contribution >= 4 is 0 Å². The second-order valence-corrected chi connectivity index (χ2v) is 2.65. The van der Waals surface area contributed by atoms with Crippen molar-refractivity contribution in [2.24, 2.45) is 5.84 Å². The van der Waals surface area contributed by atoms with Crippen LogP contribution in [0.15, 0.2) is 0 Å². The van der Waals surface area contributed by atoms with Crippen molar-refractivity contribution in [3.63, 3.8) is 0 Å². The van der Waals surface area contributed by atoms with Crippen LogP contribution in [0.1, 0.15) is 26.2 Å². The first-order valence-electron chi connectivity index (χ1n) is 3.92. The van der Waals surface area contributed by atoms with Crippen molar-refractivity contribution in [2.75, 3.05) is 0 Å². The monoisotopic (exact) mass is 194 g/mol. The largest absolute Gasteiger partial charge is 0.389 e. The number of hydrazine groups is 1. The Morgan fingerprint density at radius 3 is 2.46 bits per heavy atom. The third-order valence-electron chi connectivity index (χ3n) is 1.54. The van der Waals surface area contributed by atoms with Gasteiger partial charge in [-0.25, -0.2) is 0 Å². The Kier molecular flexibility index (Phi) is 5.51. The van der Waals surface area contributed by atoms with E-state index in [4.69, 9.17) is 5.84 Å². The van der Waals surface area contributed by atoms with Crippen molar-refractivity contribution in [3.05, 3.63) is 0 Å². The zero-order chi connectivity index (χ0) is 10.3. The lowest BCUT2D eigenvalue weighted by molar-refractivity contribution is -0.136. The third kappa shape index (κ3) is 7.62. The first kappa shape index (κ1) is 12.3. The van der Waals surface area contributed by atoms with Gasteiger partial charge in [0.05, 0.1) is 0 Å². The van der Waals surface area contributed by atoms with E-state index >= 15 is 0 Å². The first-order chi connectivity index (χ1) is 5.99. The van der Waals surface area contributed by atoms with Gasteiger partial charge in [-0.05, 0) is 13.3 Å². The molecule has 0 fully saturated rings. The van der Waals surface area contributed by atoms with Gasteiger partial charge in [0.15, 0.2) is 0 Å². The number of rotatable bonds is 4. The average Bonchev–Trinajstić information content (AvgIpc) is 2.03. The lowest BCUT2D eigenvalue weighted by atomic mass is 10.1. The van der Waals surface area contributed by atoms with E-state index < -0.39 is 12.6 Å². The molecule has 0 aliphatic rings. The Morgan fingerprint density at radius 2 is 2.08 bits per heavy atom. The molecule has 0 aliphatic carbocycles. The van der Waals surface area contributed by atoms with Crippen LogP contribution < -0.4 is 11.3 Å². The molecule has 0 heterocycles. The van der Waals surface area contributed by atoms with E-state index in [2.05, 4.69) is 17.3 Å². The lowest BCUT2D eigenvalue weighted by Gasteiger charge is -2.13. The van der Waals surface area contributed by atoms with E-state index in [0.717, 1.165) is 0 Å². The van der Waals surface area contributed by atoms with E-state index in [1.807, 2.05) is 0 Å². The predicted octanol–water partition coefficient (Wildman–Crippen LogP) is 1.57. The maximum Gasteiger partial charge on any atom is 0.389 e. The van der Waals surface area contributed by atoms with Crippen molar-refractivity contribution in [1.82, 2.24) is 5.43 Å². The molecule has 2 nitrogen and oxygen atoms in total. The molecular formula is C8H13F3N2. The molecule has 5 heteroatoms. The Balaban J connectivity index is 3.76. The minimum atomic E-state index is -4.12. The number of hydrogen-bond acceptors (Lipinski definition) is 2. The summed E-state index contributed by atoms with van der Waals surface area (Å²) in [5.74, 6) is 10.3. The van der Waals surface area contributed by atoms with Crippen LogP contribution in [0.4, 0.5) is 13.2 Å². The molecule has 0 amide bonds. The van der Waals surface area contributed by atoms with Crippen LogP contribution in [-0.4, -0.2) is 12.2 Å². The quantitative estimate of drug-likeness (QED) is 0.405. The van der Waals surface area contributed by atoms with Crippen LogP contribution in [0, 0.1) is 11.8 Å². The Hall–Kier alpha value is -0.730. The summed E-state index contributed by atoms with van der Waals surface area (Å²) < 4.78 is 35.3. The van der Waals surface area contributed by atoms with E-state index in [-0.39, 0.29) is 12.5 Å². The molecule has 0 aliphatic heterocycles. The molecule has 76 valence electrons. The summed E-state index contributed by atoms with van der Waals surface area (Å²) in [6, 6.07) is -0.380. The van der Waals surface area contributed by atoms with E-state index in [9.17, 15) is 13.2 Å². The van der Waals surface area contributed by atoms with Gasteiger partial charge < -0.3 is 0 Å². The molecule has 0 saturated heterocycles. The van der Waals surface area contributed by atoms with Crippen LogP contribution in [-0.2, 0) is 0 Å². The smallest absolute Gasteiger partial charge is 0.271 e. The average molecular weight is 194 g/mol. The van der Waals surface area contributed by atoms with Gasteiger partial charge in [0.2, 0.25) is 0 Å². The molecule has 1 atom stereocenters. The summed E-state index contributed by atoms with van der Waals surface area (Å²) in [6.07, 6.45) is -4.63. The molecule has 0 aromatic rings. The summed E-state index contributed by atoms with van der Waals surface area (Å²) in [7, 11) is 0. The number of nitrogens with two attached hydrogens (primary N) is 1. The molecule has 0 saturated carbocycles. The molecule has 0 aromatic carbocycles. The summed E-state index contributed by atoms with van der Waals surface area (Å²) >= 11 is 0. The molecule has 13 heavy (non-hydrogen) atoms. The second kappa shape index (κ2) is 5.84. The van der Waals surface area contributed by atoms with Gasteiger partial charge in [-0.2, -0.15) is 13.2 Å². The number of hydrogen-bond donors (Lipinski definition) is 2. The zero-order valence-corrected chi connectivity index (χ0v) is 7.41. The second-order valence-electron chi connectivity index (χ2n) is 2.65.